The summed E-state index contributed by atoms with van der Waals surface area (Å²) in [5, 5.41) is 12.1. The zero-order valence-corrected chi connectivity index (χ0v) is 17.0. The number of hydrogen-bond acceptors (Lipinski definition) is 4. The smallest absolute Gasteiger partial charge is 0.407 e. The molecule has 1 aliphatic heterocycles. The van der Waals surface area contributed by atoms with Gasteiger partial charge in [-0.2, -0.15) is 11.8 Å². The van der Waals surface area contributed by atoms with Crippen molar-refractivity contribution >= 4 is 23.8 Å². The second-order valence-corrected chi connectivity index (χ2v) is 8.85. The predicted octanol–water partition coefficient (Wildman–Crippen LogP) is 4.51. The summed E-state index contributed by atoms with van der Waals surface area (Å²) in [6.45, 7) is 0.236. The molecule has 1 unspecified atom stereocenters. The van der Waals surface area contributed by atoms with Crippen LogP contribution in [0.5, 0.6) is 0 Å². The first-order chi connectivity index (χ1) is 14.1. The third kappa shape index (κ3) is 4.42. The van der Waals surface area contributed by atoms with Gasteiger partial charge in [0.25, 0.3) is 0 Å². The maximum atomic E-state index is 12.5. The van der Waals surface area contributed by atoms with Crippen LogP contribution in [0.1, 0.15) is 36.3 Å². The summed E-state index contributed by atoms with van der Waals surface area (Å²) in [5.41, 5.74) is 4.68. The maximum Gasteiger partial charge on any atom is 0.407 e. The first kappa shape index (κ1) is 19.8. The van der Waals surface area contributed by atoms with E-state index in [0.717, 1.165) is 35.5 Å². The van der Waals surface area contributed by atoms with E-state index in [1.165, 1.54) is 11.1 Å². The third-order valence-electron chi connectivity index (χ3n) is 5.88. The highest BCUT2D eigenvalue weighted by molar-refractivity contribution is 7.99. The molecule has 29 heavy (non-hydrogen) atoms. The number of thioether (sulfide) groups is 1. The molecule has 1 amide bonds. The first-order valence-electron chi connectivity index (χ1n) is 10.0. The number of alkyl carbamates (subject to hydrolysis) is 1. The Morgan fingerprint density at radius 1 is 1.03 bits per heavy atom. The number of nitrogens with one attached hydrogen (secondary N) is 1. The van der Waals surface area contributed by atoms with Crippen LogP contribution >= 0.6 is 11.8 Å². The van der Waals surface area contributed by atoms with Gasteiger partial charge in [0.1, 0.15) is 6.61 Å². The quantitative estimate of drug-likeness (QED) is 0.731. The van der Waals surface area contributed by atoms with Crippen molar-refractivity contribution in [1.82, 2.24) is 5.32 Å². The van der Waals surface area contributed by atoms with E-state index >= 15 is 0 Å². The molecule has 2 aliphatic rings. The fourth-order valence-electron chi connectivity index (χ4n) is 4.43. The van der Waals surface area contributed by atoms with Gasteiger partial charge in [0, 0.05) is 12.0 Å². The van der Waals surface area contributed by atoms with Crippen LogP contribution in [0.3, 0.4) is 0 Å². The van der Waals surface area contributed by atoms with Crippen molar-refractivity contribution in [3.63, 3.8) is 0 Å². The molecule has 2 aromatic rings. The van der Waals surface area contributed by atoms with Crippen molar-refractivity contribution in [2.24, 2.45) is 5.92 Å². The van der Waals surface area contributed by atoms with E-state index in [2.05, 4.69) is 29.6 Å². The Labute approximate surface area is 174 Å². The normalized spacial score (nSPS) is 17.2. The fourth-order valence-corrected chi connectivity index (χ4v) is 5.58. The Hall–Kier alpha value is -2.47. The number of rotatable bonds is 6. The molecular weight excluding hydrogens is 386 g/mol. The lowest BCUT2D eigenvalue weighted by Crippen LogP contribution is -2.43. The van der Waals surface area contributed by atoms with Gasteiger partial charge in [0.05, 0.1) is 6.42 Å². The summed E-state index contributed by atoms with van der Waals surface area (Å²) in [6, 6.07) is 16.0. The zero-order chi connectivity index (χ0) is 20.2. The first-order valence-corrected chi connectivity index (χ1v) is 11.2. The van der Waals surface area contributed by atoms with Crippen LogP contribution in [0, 0.1) is 5.92 Å². The van der Waals surface area contributed by atoms with Crippen molar-refractivity contribution in [1.29, 1.82) is 0 Å². The predicted molar refractivity (Wildman–Crippen MR) is 114 cm³/mol. The van der Waals surface area contributed by atoms with Crippen molar-refractivity contribution in [2.75, 3.05) is 18.1 Å². The largest absolute Gasteiger partial charge is 0.481 e. The standard InChI is InChI=1S/C23H25NO4S/c25-22(26)13-21(15-9-11-29-12-10-15)24-23(27)28-14-20-18-7-3-1-5-16(18)17-6-2-4-8-19(17)20/h1-8,15,20-21H,9-14H2,(H,24,27)(H,25,26). The molecule has 0 spiro atoms. The maximum absolute atomic E-state index is 12.5. The van der Waals surface area contributed by atoms with Gasteiger partial charge in [0.2, 0.25) is 0 Å². The summed E-state index contributed by atoms with van der Waals surface area (Å²) in [6.07, 6.45) is 1.24. The minimum absolute atomic E-state index is 0.00263. The Morgan fingerprint density at radius 3 is 2.21 bits per heavy atom. The molecule has 0 bridgehead atoms. The van der Waals surface area contributed by atoms with Gasteiger partial charge in [-0.1, -0.05) is 48.5 Å². The summed E-state index contributed by atoms with van der Waals surface area (Å²) in [4.78, 5) is 23.8. The van der Waals surface area contributed by atoms with Crippen LogP contribution < -0.4 is 5.32 Å². The van der Waals surface area contributed by atoms with Gasteiger partial charge in [-0.05, 0) is 52.5 Å². The number of carboxylic acids is 1. The molecule has 2 aromatic carbocycles. The van der Waals surface area contributed by atoms with Crippen molar-refractivity contribution in [3.05, 3.63) is 59.7 Å². The van der Waals surface area contributed by atoms with E-state index in [1.54, 1.807) is 0 Å². The molecule has 5 nitrogen and oxygen atoms in total. The molecule has 1 saturated heterocycles. The average Bonchev–Trinajstić information content (AvgIpc) is 3.06. The minimum atomic E-state index is -0.896. The van der Waals surface area contributed by atoms with E-state index in [4.69, 9.17) is 4.74 Å². The number of benzene rings is 2. The number of ether oxygens (including phenoxy) is 1. The van der Waals surface area contributed by atoms with Crippen LogP contribution in [0.15, 0.2) is 48.5 Å². The molecule has 4 rings (SSSR count). The van der Waals surface area contributed by atoms with Crippen LogP contribution in [-0.4, -0.2) is 41.3 Å². The van der Waals surface area contributed by atoms with Gasteiger partial charge in [0.15, 0.2) is 0 Å². The molecule has 1 atom stereocenters. The molecule has 2 N–H and O–H groups in total. The molecule has 0 radical (unpaired) electrons. The van der Waals surface area contributed by atoms with Gasteiger partial charge in [-0.15, -0.1) is 0 Å². The van der Waals surface area contributed by atoms with Crippen LogP contribution in [-0.2, 0) is 9.53 Å². The van der Waals surface area contributed by atoms with E-state index < -0.39 is 12.1 Å². The average molecular weight is 412 g/mol. The molecular formula is C23H25NO4S. The monoisotopic (exact) mass is 411 g/mol. The molecule has 0 saturated carbocycles. The van der Waals surface area contributed by atoms with Gasteiger partial charge < -0.3 is 15.2 Å². The number of carbonyl (C=O) groups excluding carboxylic acids is 1. The Bertz CT molecular complexity index is 848. The van der Waals surface area contributed by atoms with E-state index in [0.29, 0.717) is 0 Å². The molecule has 6 heteroatoms. The fraction of sp³-hybridized carbons (Fsp3) is 0.391. The van der Waals surface area contributed by atoms with Crippen molar-refractivity contribution < 1.29 is 19.4 Å². The molecule has 1 heterocycles. The lowest BCUT2D eigenvalue weighted by molar-refractivity contribution is -0.137. The Morgan fingerprint density at radius 2 is 1.62 bits per heavy atom. The van der Waals surface area contributed by atoms with Gasteiger partial charge in [-0.25, -0.2) is 4.79 Å². The Kier molecular flexibility index (Phi) is 6.09. The number of carboxylic acid groups (broad SMARTS) is 1. The highest BCUT2D eigenvalue weighted by atomic mass is 32.2. The van der Waals surface area contributed by atoms with Crippen LogP contribution in [0.4, 0.5) is 4.79 Å². The summed E-state index contributed by atoms with van der Waals surface area (Å²) in [5.74, 6) is 1.30. The number of amides is 1. The minimum Gasteiger partial charge on any atom is -0.481 e. The second kappa shape index (κ2) is 8.91. The molecule has 1 fully saturated rings. The van der Waals surface area contributed by atoms with Crippen molar-refractivity contribution in [3.8, 4) is 11.1 Å². The second-order valence-electron chi connectivity index (χ2n) is 7.62. The summed E-state index contributed by atoms with van der Waals surface area (Å²) in [7, 11) is 0. The molecule has 0 aromatic heterocycles. The summed E-state index contributed by atoms with van der Waals surface area (Å²) >= 11 is 1.88. The lowest BCUT2D eigenvalue weighted by atomic mass is 9.91. The van der Waals surface area contributed by atoms with Crippen LogP contribution in [0.25, 0.3) is 11.1 Å². The number of hydrogen-bond donors (Lipinski definition) is 2. The number of fused-ring (bicyclic) bond motifs is 3. The van der Waals surface area contributed by atoms with Crippen LogP contribution in [0.2, 0.25) is 0 Å². The third-order valence-corrected chi connectivity index (χ3v) is 6.93. The topological polar surface area (TPSA) is 75.6 Å². The number of carbonyl (C=O) groups is 2. The SMILES string of the molecule is O=C(O)CC(NC(=O)OCC1c2ccccc2-c2ccccc21)C1CCSCC1. The molecule has 1 aliphatic carbocycles. The van der Waals surface area contributed by atoms with Crippen molar-refractivity contribution in [2.45, 2.75) is 31.2 Å². The van der Waals surface area contributed by atoms with Gasteiger partial charge >= 0.3 is 12.1 Å². The summed E-state index contributed by atoms with van der Waals surface area (Å²) < 4.78 is 5.59. The number of aliphatic carboxylic acids is 1. The van der Waals surface area contributed by atoms with E-state index in [9.17, 15) is 14.7 Å². The Balaban J connectivity index is 1.43. The zero-order valence-electron chi connectivity index (χ0n) is 16.2. The highest BCUT2D eigenvalue weighted by Crippen LogP contribution is 2.44. The van der Waals surface area contributed by atoms with Gasteiger partial charge in [-0.3, -0.25) is 4.79 Å². The van der Waals surface area contributed by atoms with E-state index in [1.807, 2.05) is 36.0 Å². The lowest BCUT2D eigenvalue weighted by Gasteiger charge is -2.29. The van der Waals surface area contributed by atoms with E-state index in [-0.39, 0.29) is 30.9 Å². The molecule has 152 valence electrons. The highest BCUT2D eigenvalue weighted by Gasteiger charge is 2.31.